The van der Waals surface area contributed by atoms with Gasteiger partial charge in [0.2, 0.25) is 0 Å². The number of rotatable bonds is 3. The predicted molar refractivity (Wildman–Crippen MR) is 57.6 cm³/mol. The third-order valence-corrected chi connectivity index (χ3v) is 3.86. The predicted octanol–water partition coefficient (Wildman–Crippen LogP) is 0.840. The standard InChI is InChI=1S/C10H13NO3S/c1-3-15(13,14)9-7-5-4-6-8(9)10(12)11-2/h4-7H,3H2,1-2H3,(H,11,12). The summed E-state index contributed by atoms with van der Waals surface area (Å²) < 4.78 is 23.3. The van der Waals surface area contributed by atoms with E-state index < -0.39 is 9.84 Å². The summed E-state index contributed by atoms with van der Waals surface area (Å²) in [4.78, 5) is 11.5. The fourth-order valence-corrected chi connectivity index (χ4v) is 2.31. The van der Waals surface area contributed by atoms with Crippen molar-refractivity contribution in [2.24, 2.45) is 0 Å². The molecule has 82 valence electrons. The fraction of sp³-hybridized carbons (Fsp3) is 0.300. The van der Waals surface area contributed by atoms with E-state index in [9.17, 15) is 13.2 Å². The van der Waals surface area contributed by atoms with Crippen LogP contribution in [0.4, 0.5) is 0 Å². The minimum atomic E-state index is -3.34. The molecule has 0 heterocycles. The minimum absolute atomic E-state index is 0.0129. The first-order valence-corrected chi connectivity index (χ1v) is 6.22. The Labute approximate surface area is 89.2 Å². The molecule has 0 radical (unpaired) electrons. The number of benzene rings is 1. The molecular weight excluding hydrogens is 214 g/mol. The number of amides is 1. The van der Waals surface area contributed by atoms with Crippen molar-refractivity contribution in [3.63, 3.8) is 0 Å². The van der Waals surface area contributed by atoms with Crippen LogP contribution in [0.2, 0.25) is 0 Å². The van der Waals surface area contributed by atoms with E-state index in [1.54, 1.807) is 19.1 Å². The smallest absolute Gasteiger partial charge is 0.252 e. The van der Waals surface area contributed by atoms with Crippen molar-refractivity contribution in [3.8, 4) is 0 Å². The van der Waals surface area contributed by atoms with E-state index in [4.69, 9.17) is 0 Å². The molecule has 0 fully saturated rings. The van der Waals surface area contributed by atoms with Crippen LogP contribution in [-0.2, 0) is 9.84 Å². The van der Waals surface area contributed by atoms with Gasteiger partial charge in [0.05, 0.1) is 16.2 Å². The van der Waals surface area contributed by atoms with Crippen molar-refractivity contribution >= 4 is 15.7 Å². The molecule has 1 rings (SSSR count). The summed E-state index contributed by atoms with van der Waals surface area (Å²) in [5.74, 6) is -0.399. The molecule has 15 heavy (non-hydrogen) atoms. The van der Waals surface area contributed by atoms with Crippen LogP contribution in [0.3, 0.4) is 0 Å². The molecule has 0 spiro atoms. The Kier molecular flexibility index (Phi) is 3.47. The number of carbonyl (C=O) groups is 1. The second-order valence-corrected chi connectivity index (χ2v) is 5.23. The van der Waals surface area contributed by atoms with Crippen LogP contribution in [0.15, 0.2) is 29.2 Å². The van der Waals surface area contributed by atoms with Crippen molar-refractivity contribution in [1.82, 2.24) is 5.32 Å². The normalized spacial score (nSPS) is 11.1. The van der Waals surface area contributed by atoms with Crippen molar-refractivity contribution in [3.05, 3.63) is 29.8 Å². The van der Waals surface area contributed by atoms with Crippen LogP contribution in [0.1, 0.15) is 17.3 Å². The van der Waals surface area contributed by atoms with Crippen LogP contribution in [-0.4, -0.2) is 27.1 Å². The lowest BCUT2D eigenvalue weighted by Gasteiger charge is -2.07. The maximum Gasteiger partial charge on any atom is 0.252 e. The van der Waals surface area contributed by atoms with Gasteiger partial charge in [-0.3, -0.25) is 4.79 Å². The largest absolute Gasteiger partial charge is 0.355 e. The Morgan fingerprint density at radius 1 is 1.33 bits per heavy atom. The van der Waals surface area contributed by atoms with Gasteiger partial charge in [0.25, 0.3) is 5.91 Å². The highest BCUT2D eigenvalue weighted by Crippen LogP contribution is 2.16. The van der Waals surface area contributed by atoms with Gasteiger partial charge >= 0.3 is 0 Å². The highest BCUT2D eigenvalue weighted by atomic mass is 32.2. The lowest BCUT2D eigenvalue weighted by atomic mass is 10.2. The summed E-state index contributed by atoms with van der Waals surface area (Å²) >= 11 is 0. The Balaban J connectivity index is 3.37. The van der Waals surface area contributed by atoms with Gasteiger partial charge in [-0.05, 0) is 12.1 Å². The van der Waals surface area contributed by atoms with Gasteiger partial charge < -0.3 is 5.32 Å². The zero-order valence-electron chi connectivity index (χ0n) is 8.65. The van der Waals surface area contributed by atoms with E-state index in [2.05, 4.69) is 5.32 Å². The lowest BCUT2D eigenvalue weighted by molar-refractivity contribution is 0.0960. The van der Waals surface area contributed by atoms with Crippen molar-refractivity contribution < 1.29 is 13.2 Å². The first-order chi connectivity index (χ1) is 7.03. The molecule has 4 nitrogen and oxygen atoms in total. The summed E-state index contributed by atoms with van der Waals surface area (Å²) in [5, 5.41) is 2.41. The molecule has 0 aliphatic carbocycles. The monoisotopic (exact) mass is 227 g/mol. The molecule has 0 aliphatic rings. The summed E-state index contributed by atoms with van der Waals surface area (Å²) in [6.07, 6.45) is 0. The molecule has 0 atom stereocenters. The summed E-state index contributed by atoms with van der Waals surface area (Å²) in [7, 11) is -1.87. The van der Waals surface area contributed by atoms with Gasteiger partial charge in [-0.15, -0.1) is 0 Å². The van der Waals surface area contributed by atoms with E-state index in [-0.39, 0.29) is 22.1 Å². The third-order valence-electron chi connectivity index (χ3n) is 2.07. The summed E-state index contributed by atoms with van der Waals surface area (Å²) in [6, 6.07) is 6.19. The number of nitrogens with one attached hydrogen (secondary N) is 1. The highest BCUT2D eigenvalue weighted by Gasteiger charge is 2.19. The third kappa shape index (κ3) is 2.36. The topological polar surface area (TPSA) is 63.2 Å². The molecule has 0 aliphatic heterocycles. The molecule has 0 saturated heterocycles. The summed E-state index contributed by atoms with van der Waals surface area (Å²) in [5.41, 5.74) is 0.196. The van der Waals surface area contributed by atoms with Gasteiger partial charge in [0.15, 0.2) is 9.84 Å². The van der Waals surface area contributed by atoms with Gasteiger partial charge in [0, 0.05) is 7.05 Å². The van der Waals surface area contributed by atoms with E-state index in [0.29, 0.717) is 0 Å². The molecule has 0 unspecified atom stereocenters. The van der Waals surface area contributed by atoms with Crippen LogP contribution < -0.4 is 5.32 Å². The van der Waals surface area contributed by atoms with E-state index in [0.717, 1.165) is 0 Å². The minimum Gasteiger partial charge on any atom is -0.355 e. The number of hydrogen-bond donors (Lipinski definition) is 1. The first-order valence-electron chi connectivity index (χ1n) is 4.56. The molecule has 1 aromatic carbocycles. The molecule has 5 heteroatoms. The zero-order valence-corrected chi connectivity index (χ0v) is 9.47. The quantitative estimate of drug-likeness (QED) is 0.832. The van der Waals surface area contributed by atoms with Crippen LogP contribution in [0.5, 0.6) is 0 Å². The van der Waals surface area contributed by atoms with Gasteiger partial charge in [-0.25, -0.2) is 8.42 Å². The Morgan fingerprint density at radius 2 is 1.93 bits per heavy atom. The maximum atomic E-state index is 11.7. The Hall–Kier alpha value is -1.36. The first kappa shape index (κ1) is 11.7. The second-order valence-electron chi connectivity index (χ2n) is 2.98. The number of hydrogen-bond acceptors (Lipinski definition) is 3. The lowest BCUT2D eigenvalue weighted by Crippen LogP contribution is -2.21. The maximum absolute atomic E-state index is 11.7. The molecular formula is C10H13NO3S. The highest BCUT2D eigenvalue weighted by molar-refractivity contribution is 7.91. The molecule has 1 amide bonds. The number of carbonyl (C=O) groups excluding carboxylic acids is 1. The van der Waals surface area contributed by atoms with Crippen LogP contribution in [0.25, 0.3) is 0 Å². The zero-order chi connectivity index (χ0) is 11.5. The molecule has 1 N–H and O–H groups in total. The van der Waals surface area contributed by atoms with E-state index in [1.807, 2.05) is 0 Å². The molecule has 0 aromatic heterocycles. The molecule has 0 saturated carbocycles. The average Bonchev–Trinajstić information content (AvgIpc) is 2.28. The van der Waals surface area contributed by atoms with Crippen molar-refractivity contribution in [2.75, 3.05) is 12.8 Å². The Bertz CT molecular complexity index is 465. The van der Waals surface area contributed by atoms with E-state index in [1.165, 1.54) is 19.2 Å². The van der Waals surface area contributed by atoms with Crippen LogP contribution in [0, 0.1) is 0 Å². The van der Waals surface area contributed by atoms with Crippen LogP contribution >= 0.6 is 0 Å². The summed E-state index contributed by atoms with van der Waals surface area (Å²) in [6.45, 7) is 1.55. The fourth-order valence-electron chi connectivity index (χ4n) is 1.22. The average molecular weight is 227 g/mol. The Morgan fingerprint density at radius 3 is 2.47 bits per heavy atom. The van der Waals surface area contributed by atoms with Gasteiger partial charge in [-0.2, -0.15) is 0 Å². The van der Waals surface area contributed by atoms with Crippen molar-refractivity contribution in [1.29, 1.82) is 0 Å². The number of sulfone groups is 1. The van der Waals surface area contributed by atoms with Gasteiger partial charge in [-0.1, -0.05) is 19.1 Å². The molecule has 0 bridgehead atoms. The van der Waals surface area contributed by atoms with E-state index >= 15 is 0 Å². The van der Waals surface area contributed by atoms with Gasteiger partial charge in [0.1, 0.15) is 0 Å². The second kappa shape index (κ2) is 4.44. The SMILES string of the molecule is CCS(=O)(=O)c1ccccc1C(=O)NC. The van der Waals surface area contributed by atoms with Crippen molar-refractivity contribution in [2.45, 2.75) is 11.8 Å². The molecule has 1 aromatic rings.